The molecule has 2 rings (SSSR count). The lowest BCUT2D eigenvalue weighted by molar-refractivity contribution is 0.481. The van der Waals surface area contributed by atoms with Crippen molar-refractivity contribution in [3.05, 3.63) is 38.3 Å². The number of aromatic nitrogens is 2. The molecule has 0 saturated carbocycles. The molecule has 0 aliphatic rings. The Labute approximate surface area is 147 Å². The van der Waals surface area contributed by atoms with Crippen LogP contribution in [-0.4, -0.2) is 34.2 Å². The van der Waals surface area contributed by atoms with E-state index in [0.717, 1.165) is 34.8 Å². The van der Waals surface area contributed by atoms with Gasteiger partial charge < -0.3 is 10.2 Å². The Kier molecular flexibility index (Phi) is 6.07. The average Bonchev–Trinajstić information content (AvgIpc) is 3.00. The minimum absolute atomic E-state index is 0.628. The van der Waals surface area contributed by atoms with Crippen LogP contribution in [0.4, 0.5) is 0 Å². The maximum atomic E-state index is 6.01. The Morgan fingerprint density at radius 3 is 2.70 bits per heavy atom. The summed E-state index contributed by atoms with van der Waals surface area (Å²) in [5.74, 6) is 0.889. The first-order valence-electron chi connectivity index (χ1n) is 7.65. The maximum Gasteiger partial charge on any atom is 0.194 e. The molecule has 23 heavy (non-hydrogen) atoms. The van der Waals surface area contributed by atoms with Gasteiger partial charge in [0.15, 0.2) is 5.96 Å². The molecule has 0 aliphatic carbocycles. The molecule has 2 aromatic rings. The molecule has 1 N–H and O–H groups in total. The molecule has 2 aromatic heterocycles. The van der Waals surface area contributed by atoms with E-state index in [1.165, 1.54) is 10.4 Å². The van der Waals surface area contributed by atoms with E-state index >= 15 is 0 Å². The Bertz CT molecular complexity index is 689. The summed E-state index contributed by atoms with van der Waals surface area (Å²) in [4.78, 5) is 8.11. The van der Waals surface area contributed by atoms with Crippen molar-refractivity contribution in [1.29, 1.82) is 0 Å². The van der Waals surface area contributed by atoms with E-state index in [1.807, 2.05) is 31.8 Å². The fourth-order valence-corrected chi connectivity index (χ4v) is 3.56. The van der Waals surface area contributed by atoms with E-state index < -0.39 is 0 Å². The summed E-state index contributed by atoms with van der Waals surface area (Å²) in [5, 5.41) is 7.80. The topological polar surface area (TPSA) is 45.5 Å². The summed E-state index contributed by atoms with van der Waals surface area (Å²) in [5.41, 5.74) is 3.39. The number of hydrogen-bond acceptors (Lipinski definition) is 3. The molecule has 5 nitrogen and oxygen atoms in total. The van der Waals surface area contributed by atoms with Crippen molar-refractivity contribution in [2.24, 2.45) is 12.0 Å². The van der Waals surface area contributed by atoms with Crippen LogP contribution < -0.4 is 5.32 Å². The number of aryl methyl sites for hydroxylation is 2. The van der Waals surface area contributed by atoms with Crippen LogP contribution in [0.3, 0.4) is 0 Å². The zero-order chi connectivity index (χ0) is 17.0. The minimum Gasteiger partial charge on any atom is -0.357 e. The Balaban J connectivity index is 2.12. The van der Waals surface area contributed by atoms with Crippen molar-refractivity contribution in [2.75, 3.05) is 13.6 Å². The van der Waals surface area contributed by atoms with E-state index in [9.17, 15) is 0 Å². The SMILES string of the molecule is CCNC(=NCc1c(C)nn(C)c1C)N(C)Cc1ccc(Cl)s1. The fourth-order valence-electron chi connectivity index (χ4n) is 2.42. The van der Waals surface area contributed by atoms with E-state index in [0.29, 0.717) is 6.54 Å². The highest BCUT2D eigenvalue weighted by Crippen LogP contribution is 2.22. The fraction of sp³-hybridized carbons (Fsp3) is 0.500. The summed E-state index contributed by atoms with van der Waals surface area (Å²) in [6, 6.07) is 3.99. The number of hydrogen-bond donors (Lipinski definition) is 1. The predicted molar refractivity (Wildman–Crippen MR) is 98.3 cm³/mol. The van der Waals surface area contributed by atoms with E-state index in [1.54, 1.807) is 11.3 Å². The third-order valence-corrected chi connectivity index (χ3v) is 4.98. The van der Waals surface area contributed by atoms with Gasteiger partial charge in [0.1, 0.15) is 0 Å². The summed E-state index contributed by atoms with van der Waals surface area (Å²) in [6.45, 7) is 8.43. The summed E-state index contributed by atoms with van der Waals surface area (Å²) < 4.78 is 2.72. The molecule has 2 heterocycles. The second-order valence-electron chi connectivity index (χ2n) is 5.51. The molecule has 0 aliphatic heterocycles. The highest BCUT2D eigenvalue weighted by molar-refractivity contribution is 7.16. The average molecular weight is 354 g/mol. The van der Waals surface area contributed by atoms with Crippen molar-refractivity contribution in [2.45, 2.75) is 33.9 Å². The first kappa shape index (κ1) is 17.8. The summed E-state index contributed by atoms with van der Waals surface area (Å²) in [7, 11) is 4.01. The van der Waals surface area contributed by atoms with E-state index in [2.05, 4.69) is 35.2 Å². The van der Waals surface area contributed by atoms with Crippen LogP contribution in [0.1, 0.15) is 28.8 Å². The molecule has 0 fully saturated rings. The quantitative estimate of drug-likeness (QED) is 0.662. The molecule has 0 saturated heterocycles. The normalized spacial score (nSPS) is 11.8. The van der Waals surface area contributed by atoms with Gasteiger partial charge in [-0.3, -0.25) is 4.68 Å². The number of nitrogens with one attached hydrogen (secondary N) is 1. The summed E-state index contributed by atoms with van der Waals surface area (Å²) in [6.07, 6.45) is 0. The second kappa shape index (κ2) is 7.84. The molecule has 0 amide bonds. The highest BCUT2D eigenvalue weighted by atomic mass is 35.5. The van der Waals surface area contributed by atoms with Crippen molar-refractivity contribution >= 4 is 28.9 Å². The molecular formula is C16H24ClN5S. The van der Waals surface area contributed by atoms with Crippen LogP contribution in [-0.2, 0) is 20.1 Å². The molecule has 0 atom stereocenters. The van der Waals surface area contributed by atoms with Gasteiger partial charge in [0.05, 0.1) is 23.1 Å². The van der Waals surface area contributed by atoms with Gasteiger partial charge >= 0.3 is 0 Å². The lowest BCUT2D eigenvalue weighted by atomic mass is 10.2. The standard InChI is InChI=1S/C16H24ClN5S/c1-6-18-16(21(4)10-13-7-8-15(17)23-13)19-9-14-11(2)20-22(5)12(14)3/h7-8H,6,9-10H2,1-5H3,(H,18,19). The Hall–Kier alpha value is -1.53. The smallest absolute Gasteiger partial charge is 0.194 e. The first-order chi connectivity index (χ1) is 10.9. The maximum absolute atomic E-state index is 6.01. The zero-order valence-corrected chi connectivity index (χ0v) is 15.9. The van der Waals surface area contributed by atoms with E-state index in [-0.39, 0.29) is 0 Å². The number of halogens is 1. The second-order valence-corrected chi connectivity index (χ2v) is 7.30. The van der Waals surface area contributed by atoms with Crippen LogP contribution in [0.2, 0.25) is 4.34 Å². The van der Waals surface area contributed by atoms with Gasteiger partial charge in [-0.2, -0.15) is 5.10 Å². The highest BCUT2D eigenvalue weighted by Gasteiger charge is 2.11. The molecule has 0 bridgehead atoms. The van der Waals surface area contributed by atoms with Crippen molar-refractivity contribution in [1.82, 2.24) is 20.0 Å². The van der Waals surface area contributed by atoms with Crippen molar-refractivity contribution in [3.63, 3.8) is 0 Å². The zero-order valence-electron chi connectivity index (χ0n) is 14.4. The van der Waals surface area contributed by atoms with Crippen LogP contribution in [0.5, 0.6) is 0 Å². The van der Waals surface area contributed by atoms with Crippen LogP contribution in [0.25, 0.3) is 0 Å². The predicted octanol–water partition coefficient (Wildman–Crippen LogP) is 3.35. The van der Waals surface area contributed by atoms with Gasteiger partial charge in [-0.1, -0.05) is 11.6 Å². The van der Waals surface area contributed by atoms with Gasteiger partial charge in [0.25, 0.3) is 0 Å². The number of nitrogens with zero attached hydrogens (tertiary/aromatic N) is 4. The monoisotopic (exact) mass is 353 g/mol. The summed E-state index contributed by atoms with van der Waals surface area (Å²) >= 11 is 7.61. The minimum atomic E-state index is 0.628. The Morgan fingerprint density at radius 2 is 2.17 bits per heavy atom. The lowest BCUT2D eigenvalue weighted by Gasteiger charge is -2.21. The van der Waals surface area contributed by atoms with Gasteiger partial charge in [-0.25, -0.2) is 4.99 Å². The number of aliphatic imine (C=N–C) groups is 1. The molecule has 0 aromatic carbocycles. The molecule has 7 heteroatoms. The van der Waals surface area contributed by atoms with Gasteiger partial charge in [-0.05, 0) is 32.9 Å². The number of guanidine groups is 1. The Morgan fingerprint density at radius 1 is 1.43 bits per heavy atom. The molecule has 0 spiro atoms. The lowest BCUT2D eigenvalue weighted by Crippen LogP contribution is -2.38. The molecule has 0 unspecified atom stereocenters. The third kappa shape index (κ3) is 4.48. The van der Waals surface area contributed by atoms with Crippen LogP contribution in [0.15, 0.2) is 17.1 Å². The third-order valence-electron chi connectivity index (χ3n) is 3.76. The van der Waals surface area contributed by atoms with Gasteiger partial charge in [-0.15, -0.1) is 11.3 Å². The van der Waals surface area contributed by atoms with Crippen molar-refractivity contribution < 1.29 is 0 Å². The van der Waals surface area contributed by atoms with Gasteiger partial charge in [0, 0.05) is 36.8 Å². The number of rotatable bonds is 5. The van der Waals surface area contributed by atoms with Crippen LogP contribution >= 0.6 is 22.9 Å². The molecule has 126 valence electrons. The first-order valence-corrected chi connectivity index (χ1v) is 8.84. The van der Waals surface area contributed by atoms with Gasteiger partial charge in [0.2, 0.25) is 0 Å². The largest absolute Gasteiger partial charge is 0.357 e. The van der Waals surface area contributed by atoms with Crippen LogP contribution in [0, 0.1) is 13.8 Å². The van der Waals surface area contributed by atoms with Crippen molar-refractivity contribution in [3.8, 4) is 0 Å². The number of thiophene rings is 1. The molecule has 0 radical (unpaired) electrons. The van der Waals surface area contributed by atoms with E-state index in [4.69, 9.17) is 16.6 Å². The molecular weight excluding hydrogens is 330 g/mol.